The quantitative estimate of drug-likeness (QED) is 0.735. The number of imidazole rings is 1. The fraction of sp³-hybridized carbons (Fsp3) is 0.333. The van der Waals surface area contributed by atoms with Gasteiger partial charge in [0.25, 0.3) is 0 Å². The normalized spacial score (nSPS) is 20.0. The average Bonchev–Trinajstić information content (AvgIpc) is 3.27. The molecular weight excluding hydrogens is 318 g/mol. The van der Waals surface area contributed by atoms with Crippen molar-refractivity contribution in [3.8, 4) is 0 Å². The van der Waals surface area contributed by atoms with Crippen LogP contribution in [0, 0.1) is 5.92 Å². The maximum Gasteiger partial charge on any atom is 0.338 e. The van der Waals surface area contributed by atoms with Crippen LogP contribution in [0.15, 0.2) is 43.0 Å². The zero-order valence-corrected chi connectivity index (χ0v) is 13.7. The molecule has 2 N–H and O–H groups in total. The Kier molecular flexibility index (Phi) is 4.05. The zero-order chi connectivity index (χ0) is 17.2. The third-order valence-electron chi connectivity index (χ3n) is 4.80. The highest BCUT2D eigenvalue weighted by Crippen LogP contribution is 2.37. The van der Waals surface area contributed by atoms with E-state index in [1.807, 2.05) is 22.8 Å². The molecule has 25 heavy (non-hydrogen) atoms. The first kappa shape index (κ1) is 15.6. The van der Waals surface area contributed by atoms with Gasteiger partial charge < -0.3 is 15.0 Å². The molecule has 0 radical (unpaired) electrons. The Labute approximate surface area is 144 Å². The zero-order valence-electron chi connectivity index (χ0n) is 13.7. The number of hydrogen-bond acceptors (Lipinski definition) is 6. The Balaban J connectivity index is 1.50. The molecule has 0 saturated heterocycles. The van der Waals surface area contributed by atoms with Gasteiger partial charge >= 0.3 is 5.97 Å². The molecule has 3 aromatic rings. The van der Waals surface area contributed by atoms with Crippen molar-refractivity contribution in [3.63, 3.8) is 0 Å². The molecule has 0 bridgehead atoms. The van der Waals surface area contributed by atoms with Crippen molar-refractivity contribution in [3.05, 3.63) is 48.5 Å². The first-order chi connectivity index (χ1) is 12.2. The molecular formula is C18H19N5O2. The van der Waals surface area contributed by atoms with E-state index in [0.717, 1.165) is 24.9 Å². The van der Waals surface area contributed by atoms with Gasteiger partial charge in [-0.3, -0.25) is 0 Å². The summed E-state index contributed by atoms with van der Waals surface area (Å²) in [4.78, 5) is 24.8. The number of rotatable bonds is 4. The molecule has 2 atom stereocenters. The molecule has 0 unspecified atom stereocenters. The summed E-state index contributed by atoms with van der Waals surface area (Å²) in [5, 5.41) is 0. The lowest BCUT2D eigenvalue weighted by Gasteiger charge is -2.21. The summed E-state index contributed by atoms with van der Waals surface area (Å²) >= 11 is 0. The summed E-state index contributed by atoms with van der Waals surface area (Å²) in [6.45, 7) is 0.388. The van der Waals surface area contributed by atoms with Crippen LogP contribution in [0.3, 0.4) is 0 Å². The SMILES string of the molecule is Nc1ncnc2c1ncn2[C@@H]1CCC[C@H]1COC(=O)c1ccccc1. The standard InChI is InChI=1S/C18H19N5O2/c19-16-15-17(21-10-20-16)23(11-22-15)14-8-4-7-13(14)9-25-18(24)12-5-2-1-3-6-12/h1-3,5-6,10-11,13-14H,4,7-9H2,(H2,19,20,21)/t13-,14+/m0/s1. The largest absolute Gasteiger partial charge is 0.462 e. The molecule has 1 saturated carbocycles. The van der Waals surface area contributed by atoms with Gasteiger partial charge in [-0.1, -0.05) is 24.6 Å². The molecule has 1 aromatic carbocycles. The number of nitrogens with zero attached hydrogens (tertiary/aromatic N) is 4. The van der Waals surface area contributed by atoms with Gasteiger partial charge in [-0.15, -0.1) is 0 Å². The summed E-state index contributed by atoms with van der Waals surface area (Å²) in [7, 11) is 0. The fourth-order valence-corrected chi connectivity index (χ4v) is 3.53. The molecule has 128 valence electrons. The molecule has 0 spiro atoms. The number of carbonyl (C=O) groups excluding carboxylic acids is 1. The lowest BCUT2D eigenvalue weighted by molar-refractivity contribution is 0.0415. The van der Waals surface area contributed by atoms with Crippen LogP contribution in [0.25, 0.3) is 11.2 Å². The lowest BCUT2D eigenvalue weighted by atomic mass is 10.0. The van der Waals surface area contributed by atoms with Gasteiger partial charge in [-0.2, -0.15) is 0 Å². The van der Waals surface area contributed by atoms with E-state index in [-0.39, 0.29) is 17.9 Å². The van der Waals surface area contributed by atoms with Crippen molar-refractivity contribution in [2.24, 2.45) is 5.92 Å². The van der Waals surface area contributed by atoms with E-state index in [1.54, 1.807) is 18.5 Å². The third kappa shape index (κ3) is 2.93. The number of anilines is 1. The molecule has 2 aromatic heterocycles. The molecule has 0 aliphatic heterocycles. The van der Waals surface area contributed by atoms with Gasteiger partial charge in [0.1, 0.15) is 11.8 Å². The Hall–Kier alpha value is -2.96. The highest BCUT2D eigenvalue weighted by Gasteiger charge is 2.31. The van der Waals surface area contributed by atoms with E-state index in [1.165, 1.54) is 6.33 Å². The Morgan fingerprint density at radius 3 is 2.88 bits per heavy atom. The van der Waals surface area contributed by atoms with Gasteiger partial charge in [0.2, 0.25) is 0 Å². The highest BCUT2D eigenvalue weighted by molar-refractivity contribution is 5.89. The molecule has 7 nitrogen and oxygen atoms in total. The Morgan fingerprint density at radius 2 is 2.04 bits per heavy atom. The van der Waals surface area contributed by atoms with Crippen LogP contribution in [0.5, 0.6) is 0 Å². The summed E-state index contributed by atoms with van der Waals surface area (Å²) in [5.41, 5.74) is 7.80. The van der Waals surface area contributed by atoms with Crippen LogP contribution in [-0.4, -0.2) is 32.1 Å². The van der Waals surface area contributed by atoms with Crippen LogP contribution in [-0.2, 0) is 4.74 Å². The van der Waals surface area contributed by atoms with Gasteiger partial charge in [0, 0.05) is 12.0 Å². The molecule has 1 aliphatic rings. The average molecular weight is 337 g/mol. The molecule has 1 aliphatic carbocycles. The number of fused-ring (bicyclic) bond motifs is 1. The molecule has 1 fully saturated rings. The summed E-state index contributed by atoms with van der Waals surface area (Å²) in [6, 6.07) is 9.26. The minimum absolute atomic E-state index is 0.197. The Morgan fingerprint density at radius 1 is 1.20 bits per heavy atom. The number of benzene rings is 1. The fourth-order valence-electron chi connectivity index (χ4n) is 3.53. The minimum Gasteiger partial charge on any atom is -0.462 e. The van der Waals surface area contributed by atoms with E-state index in [2.05, 4.69) is 15.0 Å². The smallest absolute Gasteiger partial charge is 0.338 e. The summed E-state index contributed by atoms with van der Waals surface area (Å²) < 4.78 is 7.59. The predicted molar refractivity (Wildman–Crippen MR) is 92.8 cm³/mol. The second kappa shape index (κ2) is 6.51. The maximum atomic E-state index is 12.2. The van der Waals surface area contributed by atoms with E-state index in [0.29, 0.717) is 23.5 Å². The van der Waals surface area contributed by atoms with Crippen LogP contribution in [0.1, 0.15) is 35.7 Å². The van der Waals surface area contributed by atoms with Crippen molar-refractivity contribution in [2.45, 2.75) is 25.3 Å². The monoisotopic (exact) mass is 337 g/mol. The number of nitrogen functional groups attached to an aromatic ring is 1. The Bertz CT molecular complexity index is 893. The van der Waals surface area contributed by atoms with E-state index in [9.17, 15) is 4.79 Å². The van der Waals surface area contributed by atoms with Crippen molar-refractivity contribution < 1.29 is 9.53 Å². The van der Waals surface area contributed by atoms with Crippen LogP contribution in [0.4, 0.5) is 5.82 Å². The topological polar surface area (TPSA) is 95.9 Å². The minimum atomic E-state index is -0.284. The van der Waals surface area contributed by atoms with Gasteiger partial charge in [0.15, 0.2) is 11.5 Å². The highest BCUT2D eigenvalue weighted by atomic mass is 16.5. The summed E-state index contributed by atoms with van der Waals surface area (Å²) in [5.74, 6) is 0.336. The number of nitrogens with two attached hydrogens (primary N) is 1. The third-order valence-corrected chi connectivity index (χ3v) is 4.80. The number of ether oxygens (including phenoxy) is 1. The predicted octanol–water partition coefficient (Wildman–Crippen LogP) is 2.61. The van der Waals surface area contributed by atoms with E-state index < -0.39 is 0 Å². The molecule has 7 heteroatoms. The number of carbonyl (C=O) groups is 1. The second-order valence-electron chi connectivity index (χ2n) is 6.31. The van der Waals surface area contributed by atoms with Crippen molar-refractivity contribution in [1.29, 1.82) is 0 Å². The van der Waals surface area contributed by atoms with Gasteiger partial charge in [0.05, 0.1) is 18.5 Å². The van der Waals surface area contributed by atoms with Crippen molar-refractivity contribution >= 4 is 23.0 Å². The van der Waals surface area contributed by atoms with Crippen molar-refractivity contribution in [2.75, 3.05) is 12.3 Å². The summed E-state index contributed by atoms with van der Waals surface area (Å²) in [6.07, 6.45) is 6.31. The van der Waals surface area contributed by atoms with Crippen LogP contribution < -0.4 is 5.73 Å². The van der Waals surface area contributed by atoms with Gasteiger partial charge in [-0.25, -0.2) is 19.7 Å². The molecule has 4 rings (SSSR count). The van der Waals surface area contributed by atoms with Crippen LogP contribution in [0.2, 0.25) is 0 Å². The van der Waals surface area contributed by atoms with E-state index in [4.69, 9.17) is 10.5 Å². The van der Waals surface area contributed by atoms with E-state index >= 15 is 0 Å². The molecule has 0 amide bonds. The number of esters is 1. The second-order valence-corrected chi connectivity index (χ2v) is 6.31. The first-order valence-corrected chi connectivity index (χ1v) is 8.39. The van der Waals surface area contributed by atoms with Gasteiger partial charge in [-0.05, 0) is 25.0 Å². The number of hydrogen-bond donors (Lipinski definition) is 1. The lowest BCUT2D eigenvalue weighted by Crippen LogP contribution is -2.20. The van der Waals surface area contributed by atoms with Crippen LogP contribution >= 0.6 is 0 Å². The maximum absolute atomic E-state index is 12.2. The number of aromatic nitrogens is 4. The van der Waals surface area contributed by atoms with Crippen molar-refractivity contribution in [1.82, 2.24) is 19.5 Å². The first-order valence-electron chi connectivity index (χ1n) is 8.39. The molecule has 2 heterocycles.